The number of ether oxygens (including phenoxy) is 1. The number of morpholine rings is 1. The minimum atomic E-state index is -3.86. The summed E-state index contributed by atoms with van der Waals surface area (Å²) in [5.41, 5.74) is 1.86. The summed E-state index contributed by atoms with van der Waals surface area (Å²) in [6.45, 7) is 2.06. The van der Waals surface area contributed by atoms with Crippen LogP contribution in [0, 0.1) is 18.3 Å². The van der Waals surface area contributed by atoms with Crippen LogP contribution in [0.4, 0.5) is 5.69 Å². The fourth-order valence-corrected chi connectivity index (χ4v) is 4.09. The predicted molar refractivity (Wildman–Crippen MR) is 99.6 cm³/mol. The molecule has 0 spiro atoms. The quantitative estimate of drug-likeness (QED) is 0.842. The minimum absolute atomic E-state index is 0.00229. The summed E-state index contributed by atoms with van der Waals surface area (Å²) in [7, 11) is -3.86. The Morgan fingerprint density at radius 1 is 1.26 bits per heavy atom. The zero-order valence-electron chi connectivity index (χ0n) is 14.8. The highest BCUT2D eigenvalue weighted by molar-refractivity contribution is 7.89. The maximum Gasteiger partial charge on any atom is 0.253 e. The third kappa shape index (κ3) is 4.34. The molecule has 2 aromatic carbocycles. The van der Waals surface area contributed by atoms with Crippen molar-refractivity contribution >= 4 is 21.6 Å². The predicted octanol–water partition coefficient (Wildman–Crippen LogP) is 1.58. The van der Waals surface area contributed by atoms with Gasteiger partial charge in [0, 0.05) is 12.2 Å². The van der Waals surface area contributed by atoms with Crippen LogP contribution in [0.3, 0.4) is 0 Å². The SMILES string of the molecule is Cc1cccc(N2CC(CNS(=O)(=O)c3ccccc3C#N)OCC2=O)c1. The van der Waals surface area contributed by atoms with Gasteiger partial charge in [0.05, 0.1) is 23.1 Å². The topological polar surface area (TPSA) is 99.5 Å². The van der Waals surface area contributed by atoms with Crippen molar-refractivity contribution in [2.24, 2.45) is 0 Å². The molecule has 0 bridgehead atoms. The van der Waals surface area contributed by atoms with Crippen molar-refractivity contribution in [3.63, 3.8) is 0 Å². The van der Waals surface area contributed by atoms with E-state index >= 15 is 0 Å². The molecule has 0 aliphatic carbocycles. The summed E-state index contributed by atoms with van der Waals surface area (Å²) >= 11 is 0. The number of hydrogen-bond donors (Lipinski definition) is 1. The Hall–Kier alpha value is -2.73. The molecule has 1 saturated heterocycles. The molecule has 0 saturated carbocycles. The van der Waals surface area contributed by atoms with Crippen LogP contribution in [-0.2, 0) is 19.6 Å². The number of anilines is 1. The lowest BCUT2D eigenvalue weighted by Crippen LogP contribution is -2.50. The molecule has 140 valence electrons. The number of carbonyl (C=O) groups is 1. The average molecular weight is 385 g/mol. The van der Waals surface area contributed by atoms with Gasteiger partial charge in [-0.05, 0) is 36.8 Å². The minimum Gasteiger partial charge on any atom is -0.365 e. The summed E-state index contributed by atoms with van der Waals surface area (Å²) < 4.78 is 33.0. The lowest BCUT2D eigenvalue weighted by molar-refractivity contribution is -0.129. The summed E-state index contributed by atoms with van der Waals surface area (Å²) in [6.07, 6.45) is -0.493. The highest BCUT2D eigenvalue weighted by atomic mass is 32.2. The lowest BCUT2D eigenvalue weighted by Gasteiger charge is -2.33. The zero-order chi connectivity index (χ0) is 19.4. The summed E-state index contributed by atoms with van der Waals surface area (Å²) in [5, 5.41) is 9.10. The van der Waals surface area contributed by atoms with Gasteiger partial charge < -0.3 is 9.64 Å². The number of amides is 1. The molecule has 2 aromatic rings. The van der Waals surface area contributed by atoms with Crippen LogP contribution in [0.25, 0.3) is 0 Å². The standard InChI is InChI=1S/C19H19N3O4S/c1-14-5-4-7-16(9-14)22-12-17(26-13-19(22)23)11-21-27(24,25)18-8-3-2-6-15(18)10-20/h2-9,17,21H,11-13H2,1H3. The van der Waals surface area contributed by atoms with Crippen molar-refractivity contribution in [1.29, 1.82) is 5.26 Å². The van der Waals surface area contributed by atoms with Crippen molar-refractivity contribution in [2.75, 3.05) is 24.6 Å². The first kappa shape index (κ1) is 19.0. The zero-order valence-corrected chi connectivity index (χ0v) is 15.6. The highest BCUT2D eigenvalue weighted by Crippen LogP contribution is 2.20. The number of benzene rings is 2. The molecule has 0 aromatic heterocycles. The molecule has 1 N–H and O–H groups in total. The second kappa shape index (κ2) is 7.88. The first-order valence-corrected chi connectivity index (χ1v) is 9.86. The van der Waals surface area contributed by atoms with Gasteiger partial charge in [-0.1, -0.05) is 24.3 Å². The molecule has 1 heterocycles. The van der Waals surface area contributed by atoms with Crippen LogP contribution in [0.2, 0.25) is 0 Å². The van der Waals surface area contributed by atoms with Gasteiger partial charge in [0.25, 0.3) is 5.91 Å². The maximum absolute atomic E-state index is 12.5. The molecule has 1 amide bonds. The summed E-state index contributed by atoms with van der Waals surface area (Å²) in [4.78, 5) is 13.7. The Kier molecular flexibility index (Phi) is 5.56. The largest absolute Gasteiger partial charge is 0.365 e. The van der Waals surface area contributed by atoms with Crippen molar-refractivity contribution in [3.05, 3.63) is 59.7 Å². The van der Waals surface area contributed by atoms with Gasteiger partial charge in [-0.25, -0.2) is 13.1 Å². The average Bonchev–Trinajstić information content (AvgIpc) is 2.67. The van der Waals surface area contributed by atoms with Crippen LogP contribution >= 0.6 is 0 Å². The summed E-state index contributed by atoms with van der Waals surface area (Å²) in [5.74, 6) is -0.172. The van der Waals surface area contributed by atoms with Crippen LogP contribution in [0.5, 0.6) is 0 Å². The van der Waals surface area contributed by atoms with Gasteiger partial charge in [0.15, 0.2) is 0 Å². The molecule has 1 aliphatic rings. The van der Waals surface area contributed by atoms with Crippen LogP contribution in [-0.4, -0.2) is 40.1 Å². The molecule has 1 atom stereocenters. The third-order valence-corrected chi connectivity index (χ3v) is 5.72. The lowest BCUT2D eigenvalue weighted by atomic mass is 10.2. The van der Waals surface area contributed by atoms with E-state index in [1.54, 1.807) is 17.0 Å². The second-order valence-electron chi connectivity index (χ2n) is 6.24. The fourth-order valence-electron chi connectivity index (χ4n) is 2.87. The maximum atomic E-state index is 12.5. The van der Waals surface area contributed by atoms with E-state index in [4.69, 9.17) is 10.00 Å². The Balaban J connectivity index is 1.71. The first-order chi connectivity index (χ1) is 12.9. The Labute approximate surface area is 158 Å². The highest BCUT2D eigenvalue weighted by Gasteiger charge is 2.29. The normalized spacial score (nSPS) is 17.6. The van der Waals surface area contributed by atoms with Gasteiger partial charge >= 0.3 is 0 Å². The van der Waals surface area contributed by atoms with Gasteiger partial charge in [0.1, 0.15) is 12.7 Å². The first-order valence-electron chi connectivity index (χ1n) is 8.38. The number of nitriles is 1. The van der Waals surface area contributed by atoms with E-state index in [0.717, 1.165) is 11.3 Å². The summed E-state index contributed by atoms with van der Waals surface area (Å²) in [6, 6.07) is 15.4. The van der Waals surface area contributed by atoms with Gasteiger partial charge in [0.2, 0.25) is 10.0 Å². The molecule has 3 rings (SSSR count). The molecule has 8 heteroatoms. The van der Waals surface area contributed by atoms with Crippen LogP contribution in [0.1, 0.15) is 11.1 Å². The Morgan fingerprint density at radius 2 is 2.04 bits per heavy atom. The van der Waals surface area contributed by atoms with E-state index < -0.39 is 16.1 Å². The Morgan fingerprint density at radius 3 is 2.78 bits per heavy atom. The van der Waals surface area contributed by atoms with E-state index in [9.17, 15) is 13.2 Å². The number of rotatable bonds is 5. The number of carbonyl (C=O) groups excluding carboxylic acids is 1. The second-order valence-corrected chi connectivity index (χ2v) is 7.97. The molecule has 1 fully saturated rings. The third-order valence-electron chi connectivity index (χ3n) is 4.24. The van der Waals surface area contributed by atoms with Crippen LogP contribution in [0.15, 0.2) is 53.4 Å². The van der Waals surface area contributed by atoms with E-state index in [1.807, 2.05) is 37.3 Å². The van der Waals surface area contributed by atoms with Crippen molar-refractivity contribution in [1.82, 2.24) is 4.72 Å². The molecule has 27 heavy (non-hydrogen) atoms. The van der Waals surface area contributed by atoms with Gasteiger partial charge in [-0.3, -0.25) is 4.79 Å². The number of aryl methyl sites for hydroxylation is 1. The van der Waals surface area contributed by atoms with Crippen molar-refractivity contribution in [3.8, 4) is 6.07 Å². The monoisotopic (exact) mass is 385 g/mol. The number of sulfonamides is 1. The number of nitrogens with one attached hydrogen (secondary N) is 1. The number of nitrogens with zero attached hydrogens (tertiary/aromatic N) is 2. The Bertz CT molecular complexity index is 998. The molecule has 7 nitrogen and oxygen atoms in total. The van der Waals surface area contributed by atoms with Crippen molar-refractivity contribution in [2.45, 2.75) is 17.9 Å². The van der Waals surface area contributed by atoms with Crippen LogP contribution < -0.4 is 9.62 Å². The van der Waals surface area contributed by atoms with E-state index in [2.05, 4.69) is 4.72 Å². The molecule has 1 aliphatic heterocycles. The smallest absolute Gasteiger partial charge is 0.253 e. The molecule has 1 unspecified atom stereocenters. The van der Waals surface area contributed by atoms with E-state index in [1.165, 1.54) is 12.1 Å². The molecular weight excluding hydrogens is 366 g/mol. The molecular formula is C19H19N3O4S. The van der Waals surface area contributed by atoms with E-state index in [-0.39, 0.29) is 36.1 Å². The molecule has 0 radical (unpaired) electrons. The van der Waals surface area contributed by atoms with Crippen molar-refractivity contribution < 1.29 is 17.9 Å². The van der Waals surface area contributed by atoms with E-state index in [0.29, 0.717) is 0 Å². The fraction of sp³-hybridized carbons (Fsp3) is 0.263. The van der Waals surface area contributed by atoms with Gasteiger partial charge in [-0.15, -0.1) is 0 Å². The van der Waals surface area contributed by atoms with Gasteiger partial charge in [-0.2, -0.15) is 5.26 Å². The number of hydrogen-bond acceptors (Lipinski definition) is 5.